The van der Waals surface area contributed by atoms with E-state index >= 15 is 0 Å². The summed E-state index contributed by atoms with van der Waals surface area (Å²) >= 11 is 6.18. The van der Waals surface area contributed by atoms with Gasteiger partial charge in [-0.05, 0) is 72.3 Å². The Morgan fingerprint density at radius 2 is 1.18 bits per heavy atom. The lowest BCUT2D eigenvalue weighted by Crippen LogP contribution is -2.32. The molecule has 0 spiro atoms. The van der Waals surface area contributed by atoms with Gasteiger partial charge in [0.25, 0.3) is 0 Å². The normalized spacial score (nSPS) is 11.4. The van der Waals surface area contributed by atoms with Gasteiger partial charge in [-0.25, -0.2) is 4.98 Å². The van der Waals surface area contributed by atoms with Crippen LogP contribution < -0.4 is 20.7 Å². The molecule has 0 saturated heterocycles. The smallest absolute Gasteiger partial charge is 0.130 e. The average Bonchev–Trinajstić information content (AvgIpc) is 3.00. The van der Waals surface area contributed by atoms with Crippen LogP contribution in [-0.4, -0.2) is 4.98 Å². The summed E-state index contributed by atoms with van der Waals surface area (Å²) in [6.45, 7) is 0.391. The van der Waals surface area contributed by atoms with Gasteiger partial charge in [-0.3, -0.25) is 0 Å². The van der Waals surface area contributed by atoms with E-state index in [4.69, 9.17) is 21.3 Å². The van der Waals surface area contributed by atoms with Crippen LogP contribution in [0.2, 0.25) is 5.02 Å². The van der Waals surface area contributed by atoms with Crippen molar-refractivity contribution in [3.8, 4) is 5.75 Å². The second kappa shape index (κ2) is 11.4. The summed E-state index contributed by atoms with van der Waals surface area (Å²) in [6.07, 6.45) is 0.898. The number of halogens is 1. The van der Waals surface area contributed by atoms with Crippen LogP contribution in [0.1, 0.15) is 11.3 Å². The molecule has 2 nitrogen and oxygen atoms in total. The molecule has 1 heterocycles. The molecule has 0 aliphatic heterocycles. The fraction of sp³-hybridized carbons (Fsp3) is 0.0571. The molecule has 5 aromatic carbocycles. The summed E-state index contributed by atoms with van der Waals surface area (Å²) < 4.78 is 6.26. The first kappa shape index (κ1) is 25.3. The van der Waals surface area contributed by atoms with E-state index in [0.29, 0.717) is 11.6 Å². The third kappa shape index (κ3) is 5.45. The number of hydrogen-bond donors (Lipinski definition) is 0. The fourth-order valence-corrected chi connectivity index (χ4v) is 9.54. The summed E-state index contributed by atoms with van der Waals surface area (Å²) in [7, 11) is -1.98. The second-order valence-corrected chi connectivity index (χ2v) is 13.5. The van der Waals surface area contributed by atoms with E-state index in [1.165, 1.54) is 21.5 Å². The highest BCUT2D eigenvalue weighted by molar-refractivity contribution is 7.95. The van der Waals surface area contributed by atoms with Gasteiger partial charge in [0.2, 0.25) is 0 Å². The Hall–Kier alpha value is -3.97. The Labute approximate surface area is 235 Å². The lowest BCUT2D eigenvalue weighted by Gasteiger charge is -2.28. The van der Waals surface area contributed by atoms with Crippen molar-refractivity contribution in [1.29, 1.82) is 0 Å². The van der Waals surface area contributed by atoms with Crippen molar-refractivity contribution in [2.75, 3.05) is 0 Å². The molecule has 0 N–H and O–H groups in total. The molecule has 1 aromatic heterocycles. The highest BCUT2D eigenvalue weighted by atomic mass is 35.5. The number of rotatable bonds is 8. The minimum atomic E-state index is -1.98. The van der Waals surface area contributed by atoms with Crippen molar-refractivity contribution in [2.24, 2.45) is 0 Å². The highest BCUT2D eigenvalue weighted by Gasteiger charge is 2.45. The lowest BCUT2D eigenvalue weighted by atomic mass is 10.2. The molecule has 6 rings (SSSR count). The Bertz CT molecular complexity index is 1590. The molecule has 190 valence electrons. The number of ether oxygens (including phenoxy) is 1. The van der Waals surface area contributed by atoms with E-state index in [-0.39, 0.29) is 0 Å². The first-order chi connectivity index (χ1) is 19.2. The predicted octanol–water partition coefficient (Wildman–Crippen LogP) is 7.96. The molecular formula is C35H28ClNOP+. The fourth-order valence-electron chi connectivity index (χ4n) is 5.15. The molecule has 0 unspecified atom stereocenters. The number of benzene rings is 5. The Balaban J connectivity index is 1.35. The van der Waals surface area contributed by atoms with Crippen LogP contribution >= 0.6 is 18.9 Å². The average molecular weight is 545 g/mol. The third-order valence-corrected chi connectivity index (χ3v) is 11.6. The number of nitrogens with zero attached hydrogens (tertiary/aromatic N) is 1. The van der Waals surface area contributed by atoms with E-state index in [2.05, 4.69) is 115 Å². The van der Waals surface area contributed by atoms with Crippen molar-refractivity contribution in [3.63, 3.8) is 0 Å². The van der Waals surface area contributed by atoms with Gasteiger partial charge in [-0.2, -0.15) is 0 Å². The molecule has 0 fully saturated rings. The molecule has 0 bridgehead atoms. The Morgan fingerprint density at radius 1 is 0.590 bits per heavy atom. The largest absolute Gasteiger partial charge is 0.487 e. The van der Waals surface area contributed by atoms with E-state index in [1.54, 1.807) is 0 Å². The van der Waals surface area contributed by atoms with E-state index < -0.39 is 7.26 Å². The maximum Gasteiger partial charge on any atom is 0.130 e. The SMILES string of the molecule is Clc1ccc2ccc(COc3cccc(C[P+](c4ccccc4)(c4ccccc4)c4ccccc4)c3)nc2c1. The zero-order valence-corrected chi connectivity index (χ0v) is 23.1. The predicted molar refractivity (Wildman–Crippen MR) is 166 cm³/mol. The van der Waals surface area contributed by atoms with E-state index in [1.807, 2.05) is 30.3 Å². The van der Waals surface area contributed by atoms with E-state index in [0.717, 1.165) is 28.5 Å². The number of hydrogen-bond acceptors (Lipinski definition) is 2. The standard InChI is InChI=1S/C35H28ClNOP/c36-29-21-19-28-20-22-30(37-35(28)24-29)25-38-31-12-10-11-27(23-31)26-39(32-13-4-1-5-14-32,33-15-6-2-7-16-33)34-17-8-3-9-18-34/h1-24H,25-26H2/q+1. The van der Waals surface area contributed by atoms with Crippen molar-refractivity contribution < 1.29 is 4.74 Å². The van der Waals surface area contributed by atoms with Gasteiger partial charge in [-0.1, -0.05) is 90.5 Å². The van der Waals surface area contributed by atoms with Crippen LogP contribution in [0.4, 0.5) is 0 Å². The van der Waals surface area contributed by atoms with Crippen LogP contribution in [0.15, 0.2) is 146 Å². The highest BCUT2D eigenvalue weighted by Crippen LogP contribution is 2.58. The molecule has 0 radical (unpaired) electrons. The number of pyridine rings is 1. The number of fused-ring (bicyclic) bond motifs is 1. The zero-order valence-electron chi connectivity index (χ0n) is 21.5. The maximum atomic E-state index is 6.26. The van der Waals surface area contributed by atoms with Crippen molar-refractivity contribution >= 4 is 45.7 Å². The van der Waals surface area contributed by atoms with Gasteiger partial charge in [0.1, 0.15) is 35.5 Å². The topological polar surface area (TPSA) is 22.1 Å². The summed E-state index contributed by atoms with van der Waals surface area (Å²) in [4.78, 5) is 4.75. The molecule has 0 amide bonds. The third-order valence-electron chi connectivity index (χ3n) is 7.01. The first-order valence-corrected chi connectivity index (χ1v) is 15.4. The molecule has 0 saturated carbocycles. The van der Waals surface area contributed by atoms with Gasteiger partial charge in [0.15, 0.2) is 0 Å². The van der Waals surface area contributed by atoms with Crippen molar-refractivity contribution in [1.82, 2.24) is 4.98 Å². The second-order valence-electron chi connectivity index (χ2n) is 9.55. The minimum absolute atomic E-state index is 0.391. The van der Waals surface area contributed by atoms with Gasteiger partial charge >= 0.3 is 0 Å². The maximum absolute atomic E-state index is 6.26. The minimum Gasteiger partial charge on any atom is -0.487 e. The summed E-state index contributed by atoms with van der Waals surface area (Å²) in [6, 6.07) is 51.2. The summed E-state index contributed by atoms with van der Waals surface area (Å²) in [5.74, 6) is 0.841. The van der Waals surface area contributed by atoms with Crippen LogP contribution in [0.25, 0.3) is 10.9 Å². The van der Waals surface area contributed by atoms with Gasteiger partial charge in [-0.15, -0.1) is 0 Å². The monoisotopic (exact) mass is 544 g/mol. The molecule has 39 heavy (non-hydrogen) atoms. The quantitative estimate of drug-likeness (QED) is 0.181. The molecule has 0 aliphatic rings. The van der Waals surface area contributed by atoms with Gasteiger partial charge in [0, 0.05) is 10.4 Å². The molecule has 4 heteroatoms. The Kier molecular flexibility index (Phi) is 7.41. The van der Waals surface area contributed by atoms with Crippen molar-refractivity contribution in [2.45, 2.75) is 12.8 Å². The molecule has 0 atom stereocenters. The summed E-state index contributed by atoms with van der Waals surface area (Å²) in [5, 5.41) is 5.85. The van der Waals surface area contributed by atoms with Crippen LogP contribution in [-0.2, 0) is 12.8 Å². The molecular weight excluding hydrogens is 517 g/mol. The van der Waals surface area contributed by atoms with Crippen molar-refractivity contribution in [3.05, 3.63) is 162 Å². The lowest BCUT2D eigenvalue weighted by molar-refractivity contribution is 0.301. The van der Waals surface area contributed by atoms with Crippen LogP contribution in [0, 0.1) is 0 Å². The summed E-state index contributed by atoms with van der Waals surface area (Å²) in [5.41, 5.74) is 2.99. The molecule has 6 aromatic rings. The van der Waals surface area contributed by atoms with Gasteiger partial charge < -0.3 is 4.74 Å². The van der Waals surface area contributed by atoms with Crippen LogP contribution in [0.5, 0.6) is 5.75 Å². The zero-order chi connectivity index (χ0) is 26.5. The Morgan fingerprint density at radius 3 is 1.79 bits per heavy atom. The van der Waals surface area contributed by atoms with Crippen LogP contribution in [0.3, 0.4) is 0 Å². The first-order valence-electron chi connectivity index (χ1n) is 13.0. The van der Waals surface area contributed by atoms with Gasteiger partial charge in [0.05, 0.1) is 17.4 Å². The molecule has 0 aliphatic carbocycles. The number of aromatic nitrogens is 1. The van der Waals surface area contributed by atoms with E-state index in [9.17, 15) is 0 Å².